The van der Waals surface area contributed by atoms with Crippen molar-refractivity contribution in [3.8, 4) is 0 Å². The monoisotopic (exact) mass is 276 g/mol. The number of aliphatic hydroxyl groups is 1. The molecule has 2 fully saturated rings. The Morgan fingerprint density at radius 1 is 1.29 bits per heavy atom. The fourth-order valence-corrected chi connectivity index (χ4v) is 2.78. The van der Waals surface area contributed by atoms with Gasteiger partial charge in [0.2, 0.25) is 5.44 Å². The molecule has 1 heterocycles. The molecule has 1 unspecified atom stereocenters. The molecule has 0 amide bonds. The van der Waals surface area contributed by atoms with Gasteiger partial charge < -0.3 is 16.0 Å². The smallest absolute Gasteiger partial charge is 1.00 e. The van der Waals surface area contributed by atoms with E-state index in [9.17, 15) is 13.5 Å². The van der Waals surface area contributed by atoms with Crippen LogP contribution in [0, 0.1) is 0 Å². The van der Waals surface area contributed by atoms with E-state index in [2.05, 4.69) is 0 Å². The third-order valence-corrected chi connectivity index (χ3v) is 4.03. The van der Waals surface area contributed by atoms with Crippen LogP contribution in [-0.4, -0.2) is 42.0 Å². The van der Waals surface area contributed by atoms with Crippen molar-refractivity contribution in [2.75, 3.05) is 6.61 Å². The van der Waals surface area contributed by atoms with E-state index >= 15 is 0 Å². The van der Waals surface area contributed by atoms with Crippen LogP contribution >= 0.6 is 0 Å². The van der Waals surface area contributed by atoms with Crippen LogP contribution in [0.3, 0.4) is 0 Å². The van der Waals surface area contributed by atoms with Crippen molar-refractivity contribution in [3.63, 3.8) is 0 Å². The number of ether oxygens (including phenoxy) is 2. The maximum Gasteiger partial charge on any atom is 1.00 e. The average molecular weight is 276 g/mol. The molecule has 1 aliphatic heterocycles. The molecule has 2 atom stereocenters. The van der Waals surface area contributed by atoms with Crippen molar-refractivity contribution in [2.24, 2.45) is 0 Å². The summed E-state index contributed by atoms with van der Waals surface area (Å²) in [7, 11) is -4.49. The molecule has 0 aromatic heterocycles. The van der Waals surface area contributed by atoms with Crippen molar-refractivity contribution < 1.29 is 58.5 Å². The molecular weight excluding hydrogens is 259 g/mol. The third kappa shape index (κ3) is 3.63. The molecule has 6 nitrogen and oxygen atoms in total. The molecule has 2 rings (SSSR count). The molecule has 17 heavy (non-hydrogen) atoms. The Bertz CT molecular complexity index is 356. The Morgan fingerprint density at radius 2 is 1.88 bits per heavy atom. The van der Waals surface area contributed by atoms with E-state index in [0.29, 0.717) is 12.8 Å². The molecular formula is C9H17NaO6S. The summed E-state index contributed by atoms with van der Waals surface area (Å²) in [4.78, 5) is 0. The van der Waals surface area contributed by atoms with Gasteiger partial charge >= 0.3 is 29.6 Å². The fraction of sp³-hybridized carbons (Fsp3) is 1.00. The molecule has 0 aromatic rings. The Balaban J connectivity index is 0.00000144. The van der Waals surface area contributed by atoms with Gasteiger partial charge in [-0.1, -0.05) is 6.42 Å². The first-order valence-electron chi connectivity index (χ1n) is 5.39. The zero-order valence-electron chi connectivity index (χ0n) is 10.8. The van der Waals surface area contributed by atoms with Crippen molar-refractivity contribution in [3.05, 3.63) is 0 Å². The number of rotatable bonds is 2. The van der Waals surface area contributed by atoms with Crippen molar-refractivity contribution in [2.45, 2.75) is 49.4 Å². The van der Waals surface area contributed by atoms with Gasteiger partial charge in [0.15, 0.2) is 5.79 Å². The molecule has 1 spiro atoms. The summed E-state index contributed by atoms with van der Waals surface area (Å²) >= 11 is 0. The summed E-state index contributed by atoms with van der Waals surface area (Å²) in [5.41, 5.74) is -1.92. The van der Waals surface area contributed by atoms with Gasteiger partial charge in [0.05, 0.1) is 6.61 Å². The SMILES string of the molecule is O=S(=O)(O)C(O)[C@H]1COC2(CCCCC2)O1.[H-].[Na+]. The van der Waals surface area contributed by atoms with Gasteiger partial charge in [0.1, 0.15) is 6.10 Å². The van der Waals surface area contributed by atoms with Crippen molar-refractivity contribution in [1.29, 1.82) is 0 Å². The largest absolute Gasteiger partial charge is 1.00 e. The van der Waals surface area contributed by atoms with Gasteiger partial charge in [-0.2, -0.15) is 8.42 Å². The zero-order chi connectivity index (χ0) is 11.8. The standard InChI is InChI=1S/C9H16O6S.Na.H/c10-8(16(11,12)13)7-6-14-9(15-7)4-2-1-3-5-9;;/h7-8,10H,1-6H2,(H,11,12,13);;/q;+1;-1/t7-,8?;;/m1../s1. The number of hydrogen-bond donors (Lipinski definition) is 2. The molecule has 2 aliphatic rings. The van der Waals surface area contributed by atoms with Crippen LogP contribution in [0.25, 0.3) is 0 Å². The average Bonchev–Trinajstić information content (AvgIpc) is 2.61. The second kappa shape index (κ2) is 5.83. The van der Waals surface area contributed by atoms with Crippen LogP contribution in [-0.2, 0) is 19.6 Å². The Kier molecular flexibility index (Phi) is 5.44. The minimum atomic E-state index is -4.49. The summed E-state index contributed by atoms with van der Waals surface area (Å²) in [6, 6.07) is 0. The van der Waals surface area contributed by atoms with E-state index in [-0.39, 0.29) is 37.6 Å². The second-order valence-electron chi connectivity index (χ2n) is 4.34. The van der Waals surface area contributed by atoms with Crippen molar-refractivity contribution >= 4 is 10.1 Å². The molecule has 0 aromatic carbocycles. The molecule has 0 radical (unpaired) electrons. The summed E-state index contributed by atoms with van der Waals surface area (Å²) < 4.78 is 41.2. The maximum atomic E-state index is 10.8. The number of aliphatic hydroxyl groups excluding tert-OH is 1. The van der Waals surface area contributed by atoms with E-state index in [0.717, 1.165) is 19.3 Å². The van der Waals surface area contributed by atoms with Crippen LogP contribution in [0.2, 0.25) is 0 Å². The van der Waals surface area contributed by atoms with Gasteiger partial charge in [0.25, 0.3) is 10.1 Å². The van der Waals surface area contributed by atoms with Gasteiger partial charge in [0, 0.05) is 12.8 Å². The van der Waals surface area contributed by atoms with Crippen LogP contribution < -0.4 is 29.6 Å². The van der Waals surface area contributed by atoms with E-state index in [1.54, 1.807) is 0 Å². The predicted molar refractivity (Wildman–Crippen MR) is 55.3 cm³/mol. The first kappa shape index (κ1) is 15.8. The summed E-state index contributed by atoms with van der Waals surface area (Å²) in [6.07, 6.45) is 3.47. The first-order valence-corrected chi connectivity index (χ1v) is 6.89. The summed E-state index contributed by atoms with van der Waals surface area (Å²) in [5, 5.41) is 9.36. The first-order chi connectivity index (χ1) is 7.43. The molecule has 1 saturated heterocycles. The predicted octanol–water partition coefficient (Wildman–Crippen LogP) is -2.62. The normalized spacial score (nSPS) is 29.9. The Labute approximate surface area is 124 Å². The molecule has 1 saturated carbocycles. The van der Waals surface area contributed by atoms with Gasteiger partial charge in [-0.3, -0.25) is 4.55 Å². The van der Waals surface area contributed by atoms with Crippen LogP contribution in [0.4, 0.5) is 0 Å². The molecule has 2 N–H and O–H groups in total. The zero-order valence-corrected chi connectivity index (χ0v) is 12.6. The molecule has 96 valence electrons. The fourth-order valence-electron chi connectivity index (χ4n) is 2.26. The number of hydrogen-bond acceptors (Lipinski definition) is 5. The summed E-state index contributed by atoms with van der Waals surface area (Å²) in [5.74, 6) is -0.741. The minimum absolute atomic E-state index is 0. The van der Waals surface area contributed by atoms with Crippen LogP contribution in [0.5, 0.6) is 0 Å². The van der Waals surface area contributed by atoms with E-state index in [1.165, 1.54) is 0 Å². The maximum absolute atomic E-state index is 10.8. The topological polar surface area (TPSA) is 93.1 Å². The Morgan fingerprint density at radius 3 is 2.41 bits per heavy atom. The second-order valence-corrected chi connectivity index (χ2v) is 5.86. The summed E-state index contributed by atoms with van der Waals surface area (Å²) in [6.45, 7) is 0.000949. The van der Waals surface area contributed by atoms with Gasteiger partial charge in [-0.15, -0.1) is 0 Å². The van der Waals surface area contributed by atoms with Gasteiger partial charge in [-0.05, 0) is 12.8 Å². The van der Waals surface area contributed by atoms with Crippen LogP contribution in [0.15, 0.2) is 0 Å². The van der Waals surface area contributed by atoms with E-state index in [1.807, 2.05) is 0 Å². The van der Waals surface area contributed by atoms with E-state index < -0.39 is 27.4 Å². The Hall–Kier alpha value is 0.790. The molecule has 8 heteroatoms. The molecule has 1 aliphatic carbocycles. The van der Waals surface area contributed by atoms with Crippen LogP contribution in [0.1, 0.15) is 33.5 Å². The minimum Gasteiger partial charge on any atom is -1.00 e. The van der Waals surface area contributed by atoms with E-state index in [4.69, 9.17) is 14.0 Å². The molecule has 0 bridgehead atoms. The quantitative estimate of drug-likeness (QED) is 0.424. The third-order valence-electron chi connectivity index (χ3n) is 3.12. The van der Waals surface area contributed by atoms with Gasteiger partial charge in [-0.25, -0.2) is 0 Å². The van der Waals surface area contributed by atoms with Crippen molar-refractivity contribution in [1.82, 2.24) is 0 Å².